The molecule has 1 saturated heterocycles. The molecule has 1 fully saturated rings. The molecule has 22 heavy (non-hydrogen) atoms. The quantitative estimate of drug-likeness (QED) is 0.584. The first-order chi connectivity index (χ1) is 9.95. The van der Waals surface area contributed by atoms with Crippen LogP contribution in [0.4, 0.5) is 0 Å². The monoisotopic (exact) mass is 375 g/mol. The SMILES string of the molecule is CC(=O)O[C@H]1CO[C@](C)(CNC(=O)C(Cl)(Cl)Cl)[C@H]1OC(C)=O. The van der Waals surface area contributed by atoms with E-state index >= 15 is 0 Å². The predicted molar refractivity (Wildman–Crippen MR) is 78.8 cm³/mol. The minimum absolute atomic E-state index is 0.0116. The number of nitrogens with one attached hydrogen (secondary N) is 1. The van der Waals surface area contributed by atoms with Crippen molar-refractivity contribution in [3.05, 3.63) is 0 Å². The Balaban J connectivity index is 2.82. The molecule has 1 amide bonds. The van der Waals surface area contributed by atoms with E-state index in [1.807, 2.05) is 0 Å². The van der Waals surface area contributed by atoms with E-state index < -0.39 is 39.4 Å². The van der Waals surface area contributed by atoms with Crippen LogP contribution in [0.2, 0.25) is 0 Å². The number of amides is 1. The molecule has 1 heterocycles. The maximum atomic E-state index is 11.6. The summed E-state index contributed by atoms with van der Waals surface area (Å²) in [6, 6.07) is 0. The average molecular weight is 377 g/mol. The molecular weight excluding hydrogens is 360 g/mol. The Labute approximate surface area is 142 Å². The van der Waals surface area contributed by atoms with Crippen LogP contribution in [0.25, 0.3) is 0 Å². The van der Waals surface area contributed by atoms with Gasteiger partial charge in [0.2, 0.25) is 0 Å². The van der Waals surface area contributed by atoms with Gasteiger partial charge in [-0.25, -0.2) is 0 Å². The van der Waals surface area contributed by atoms with Gasteiger partial charge >= 0.3 is 11.9 Å². The highest BCUT2D eigenvalue weighted by molar-refractivity contribution is 6.76. The number of alkyl halides is 3. The van der Waals surface area contributed by atoms with E-state index in [-0.39, 0.29) is 13.2 Å². The summed E-state index contributed by atoms with van der Waals surface area (Å²) < 4.78 is 13.6. The van der Waals surface area contributed by atoms with Crippen molar-refractivity contribution in [3.63, 3.8) is 0 Å². The second-order valence-corrected chi connectivity index (χ2v) is 7.26. The summed E-state index contributed by atoms with van der Waals surface area (Å²) in [6.45, 7) is 3.93. The first-order valence-corrected chi connectivity index (χ1v) is 7.42. The summed E-state index contributed by atoms with van der Waals surface area (Å²) in [5.74, 6) is -1.97. The summed E-state index contributed by atoms with van der Waals surface area (Å²) in [4.78, 5) is 33.9. The largest absolute Gasteiger partial charge is 0.456 e. The van der Waals surface area contributed by atoms with Gasteiger partial charge in [-0.2, -0.15) is 0 Å². The molecule has 126 valence electrons. The molecule has 0 spiro atoms. The average Bonchev–Trinajstić information content (AvgIpc) is 2.63. The molecule has 0 unspecified atom stereocenters. The van der Waals surface area contributed by atoms with E-state index in [0.29, 0.717) is 0 Å². The maximum absolute atomic E-state index is 11.6. The molecule has 0 aromatic heterocycles. The van der Waals surface area contributed by atoms with Crippen LogP contribution < -0.4 is 5.32 Å². The highest BCUT2D eigenvalue weighted by Crippen LogP contribution is 2.31. The summed E-state index contributed by atoms with van der Waals surface area (Å²) in [5.41, 5.74) is -1.13. The van der Waals surface area contributed by atoms with Gasteiger partial charge in [0.15, 0.2) is 12.2 Å². The van der Waals surface area contributed by atoms with Gasteiger partial charge in [0.1, 0.15) is 5.60 Å². The third-order valence-electron chi connectivity index (χ3n) is 2.98. The van der Waals surface area contributed by atoms with Crippen molar-refractivity contribution < 1.29 is 28.6 Å². The van der Waals surface area contributed by atoms with Gasteiger partial charge in [0, 0.05) is 13.8 Å². The van der Waals surface area contributed by atoms with E-state index in [1.165, 1.54) is 13.8 Å². The van der Waals surface area contributed by atoms with Crippen molar-refractivity contribution in [2.24, 2.45) is 0 Å². The lowest BCUT2D eigenvalue weighted by Crippen LogP contribution is -2.53. The minimum Gasteiger partial charge on any atom is -0.456 e. The number of rotatable bonds is 4. The second kappa shape index (κ2) is 7.21. The van der Waals surface area contributed by atoms with Crippen LogP contribution in [0.15, 0.2) is 0 Å². The molecule has 1 rings (SSSR count). The fourth-order valence-electron chi connectivity index (χ4n) is 2.03. The Kier molecular flexibility index (Phi) is 6.32. The van der Waals surface area contributed by atoms with Crippen molar-refractivity contribution in [1.29, 1.82) is 0 Å². The molecule has 1 aliphatic heterocycles. The molecule has 3 atom stereocenters. The van der Waals surface area contributed by atoms with Crippen LogP contribution in [0.3, 0.4) is 0 Å². The summed E-state index contributed by atoms with van der Waals surface area (Å²) in [5, 5.41) is 2.39. The fraction of sp³-hybridized carbons (Fsp3) is 0.750. The van der Waals surface area contributed by atoms with Crippen LogP contribution in [-0.2, 0) is 28.6 Å². The highest BCUT2D eigenvalue weighted by Gasteiger charge is 2.51. The lowest BCUT2D eigenvalue weighted by Gasteiger charge is -2.31. The van der Waals surface area contributed by atoms with Crippen molar-refractivity contribution in [2.75, 3.05) is 13.2 Å². The normalized spacial score (nSPS) is 28.1. The Morgan fingerprint density at radius 3 is 2.23 bits per heavy atom. The molecule has 0 aromatic rings. The van der Waals surface area contributed by atoms with E-state index in [9.17, 15) is 14.4 Å². The van der Waals surface area contributed by atoms with Crippen molar-refractivity contribution in [2.45, 2.75) is 42.4 Å². The van der Waals surface area contributed by atoms with E-state index in [0.717, 1.165) is 0 Å². The summed E-state index contributed by atoms with van der Waals surface area (Å²) >= 11 is 16.4. The van der Waals surface area contributed by atoms with Gasteiger partial charge in [-0.05, 0) is 6.92 Å². The van der Waals surface area contributed by atoms with Crippen molar-refractivity contribution in [1.82, 2.24) is 5.32 Å². The third-order valence-corrected chi connectivity index (χ3v) is 3.50. The molecule has 0 aromatic carbocycles. The van der Waals surface area contributed by atoms with Crippen LogP contribution in [-0.4, -0.2) is 52.6 Å². The van der Waals surface area contributed by atoms with Gasteiger partial charge < -0.3 is 19.5 Å². The van der Waals surface area contributed by atoms with Gasteiger partial charge in [-0.15, -0.1) is 0 Å². The van der Waals surface area contributed by atoms with Gasteiger partial charge in [-0.1, -0.05) is 34.8 Å². The van der Waals surface area contributed by atoms with Gasteiger partial charge in [0.25, 0.3) is 9.70 Å². The standard InChI is InChI=1S/C12H16Cl3NO6/c1-6(17)21-8-4-20-11(3,9(8)22-7(2)18)5-16-10(19)12(13,14)15/h8-9H,4-5H2,1-3H3,(H,16,19)/t8-,9-,11+/m0/s1. The first kappa shape index (κ1) is 19.3. The number of ether oxygens (including phenoxy) is 3. The molecule has 1 N–H and O–H groups in total. The molecule has 0 bridgehead atoms. The Bertz CT molecular complexity index is 466. The molecule has 1 aliphatic rings. The number of hydrogen-bond acceptors (Lipinski definition) is 6. The third kappa shape index (κ3) is 5.15. The Hall–Kier alpha value is -0.760. The summed E-state index contributed by atoms with van der Waals surface area (Å²) in [7, 11) is 0. The molecule has 0 radical (unpaired) electrons. The predicted octanol–water partition coefficient (Wildman–Crippen LogP) is 1.13. The zero-order valence-corrected chi connectivity index (χ0v) is 14.4. The summed E-state index contributed by atoms with van der Waals surface area (Å²) in [6.07, 6.45) is -1.68. The second-order valence-electron chi connectivity index (χ2n) is 4.98. The highest BCUT2D eigenvalue weighted by atomic mass is 35.6. The topological polar surface area (TPSA) is 90.9 Å². The zero-order valence-electron chi connectivity index (χ0n) is 12.2. The Morgan fingerprint density at radius 1 is 1.23 bits per heavy atom. The van der Waals surface area contributed by atoms with Crippen LogP contribution in [0, 0.1) is 0 Å². The smallest absolute Gasteiger partial charge is 0.303 e. The van der Waals surface area contributed by atoms with Crippen LogP contribution in [0.1, 0.15) is 20.8 Å². The molecule has 0 saturated carbocycles. The number of carbonyl (C=O) groups is 3. The molecular formula is C12H16Cl3NO6. The Morgan fingerprint density at radius 2 is 1.77 bits per heavy atom. The first-order valence-electron chi connectivity index (χ1n) is 6.29. The molecule has 7 nitrogen and oxygen atoms in total. The minimum atomic E-state index is -2.12. The van der Waals surface area contributed by atoms with E-state index in [2.05, 4.69) is 5.32 Å². The molecule has 10 heteroatoms. The fourth-order valence-corrected chi connectivity index (χ4v) is 2.23. The van der Waals surface area contributed by atoms with Crippen molar-refractivity contribution >= 4 is 52.6 Å². The zero-order chi connectivity index (χ0) is 17.1. The van der Waals surface area contributed by atoms with Gasteiger partial charge in [0.05, 0.1) is 13.2 Å². The van der Waals surface area contributed by atoms with Crippen LogP contribution >= 0.6 is 34.8 Å². The number of halogens is 3. The lowest BCUT2D eigenvalue weighted by molar-refractivity contribution is -0.167. The number of carbonyl (C=O) groups excluding carboxylic acids is 3. The number of esters is 2. The van der Waals surface area contributed by atoms with Crippen molar-refractivity contribution in [3.8, 4) is 0 Å². The van der Waals surface area contributed by atoms with E-state index in [4.69, 9.17) is 49.0 Å². The lowest BCUT2D eigenvalue weighted by atomic mass is 9.97. The number of hydrogen-bond donors (Lipinski definition) is 1. The van der Waals surface area contributed by atoms with Gasteiger partial charge in [-0.3, -0.25) is 14.4 Å². The molecule has 0 aliphatic carbocycles. The van der Waals surface area contributed by atoms with Crippen LogP contribution in [0.5, 0.6) is 0 Å². The maximum Gasteiger partial charge on any atom is 0.303 e. The van der Waals surface area contributed by atoms with E-state index in [1.54, 1.807) is 6.92 Å².